The Morgan fingerprint density at radius 1 is 1.07 bits per heavy atom. The number of rotatable bonds is 6. The van der Waals surface area contributed by atoms with Gasteiger partial charge in [0.05, 0.1) is 22.9 Å². The first kappa shape index (κ1) is 20.0. The van der Waals surface area contributed by atoms with Gasteiger partial charge in [-0.25, -0.2) is 0 Å². The number of nitrogens with zero attached hydrogens (tertiary/aromatic N) is 2. The van der Waals surface area contributed by atoms with Crippen molar-refractivity contribution in [3.05, 3.63) is 69.8 Å². The van der Waals surface area contributed by atoms with E-state index in [0.29, 0.717) is 6.54 Å². The average molecular weight is 418 g/mol. The normalized spacial score (nSPS) is 26.4. The third-order valence-corrected chi connectivity index (χ3v) is 7.62. The van der Waals surface area contributed by atoms with E-state index in [2.05, 4.69) is 0 Å². The second kappa shape index (κ2) is 7.51. The third kappa shape index (κ3) is 4.19. The van der Waals surface area contributed by atoms with Gasteiger partial charge in [-0.05, 0) is 31.2 Å². The van der Waals surface area contributed by atoms with Crippen molar-refractivity contribution in [3.8, 4) is 0 Å². The summed E-state index contributed by atoms with van der Waals surface area (Å²) in [6.45, 7) is 5.25. The Balaban J connectivity index is 1.49. The first-order chi connectivity index (χ1) is 13.8. The van der Waals surface area contributed by atoms with Gasteiger partial charge in [-0.15, -0.1) is 0 Å². The molecule has 0 saturated carbocycles. The molecule has 3 heterocycles. The van der Waals surface area contributed by atoms with Gasteiger partial charge in [0.15, 0.2) is 0 Å². The predicted molar refractivity (Wildman–Crippen MR) is 108 cm³/mol. The molecule has 7 nitrogen and oxygen atoms in total. The van der Waals surface area contributed by atoms with E-state index in [4.69, 9.17) is 4.18 Å². The number of nitro benzene ring substituents is 1. The molecule has 8 heteroatoms. The maximum Gasteiger partial charge on any atom is 0.297 e. The summed E-state index contributed by atoms with van der Waals surface area (Å²) in [4.78, 5) is 10.7. The number of hydrogen-bond acceptors (Lipinski definition) is 5. The number of hydrogen-bond donors (Lipinski definition) is 0. The van der Waals surface area contributed by atoms with E-state index in [-0.39, 0.29) is 22.6 Å². The molecule has 2 bridgehead atoms. The van der Waals surface area contributed by atoms with Crippen LogP contribution in [0.2, 0.25) is 0 Å². The Labute approximate surface area is 170 Å². The minimum Gasteiger partial charge on any atom is -0.318 e. The van der Waals surface area contributed by atoms with Crippen molar-refractivity contribution in [3.63, 3.8) is 0 Å². The lowest BCUT2D eigenvalue weighted by Gasteiger charge is -2.52. The van der Waals surface area contributed by atoms with E-state index in [1.54, 1.807) is 36.4 Å². The second-order valence-corrected chi connectivity index (χ2v) is 9.86. The molecule has 2 aromatic rings. The quantitative estimate of drug-likeness (QED) is 0.311. The van der Waals surface area contributed by atoms with Crippen molar-refractivity contribution in [2.45, 2.75) is 37.3 Å². The molecular formula is C21H25N2O5S+. The van der Waals surface area contributed by atoms with Crippen LogP contribution < -0.4 is 0 Å². The number of piperidine rings is 3. The summed E-state index contributed by atoms with van der Waals surface area (Å²) in [5.41, 5.74) is 2.10. The Kier molecular flexibility index (Phi) is 5.18. The van der Waals surface area contributed by atoms with E-state index in [1.807, 2.05) is 6.92 Å². The van der Waals surface area contributed by atoms with Gasteiger partial charge in [0, 0.05) is 36.5 Å². The second-order valence-electron chi connectivity index (χ2n) is 8.29. The molecule has 0 unspecified atom stereocenters. The molecule has 0 aliphatic carbocycles. The van der Waals surface area contributed by atoms with Gasteiger partial charge >= 0.3 is 0 Å². The fourth-order valence-corrected chi connectivity index (χ4v) is 5.71. The Bertz CT molecular complexity index is 994. The zero-order chi connectivity index (χ0) is 20.6. The first-order valence-corrected chi connectivity index (χ1v) is 11.3. The molecule has 3 aliphatic rings. The number of aryl methyl sites for hydroxylation is 1. The van der Waals surface area contributed by atoms with Gasteiger partial charge in [0.1, 0.15) is 19.2 Å². The maximum absolute atomic E-state index is 12.8. The van der Waals surface area contributed by atoms with Crippen LogP contribution in [0.4, 0.5) is 5.69 Å². The summed E-state index contributed by atoms with van der Waals surface area (Å²) in [5.74, 6) is 0.257. The summed E-state index contributed by atoms with van der Waals surface area (Å²) >= 11 is 0. The standard InChI is InChI=1S/C21H25N2O5S/c1-16-2-8-20(9-3-16)29(26,27)28-21-15-23(12-10-18(21)11-13-23)14-17-4-6-19(7-5-17)22(24)25/h2-9,18,21H,10-15H2,1H3/q+1/t18?,21-,23?/m1/s1. The Morgan fingerprint density at radius 3 is 2.28 bits per heavy atom. The molecule has 5 rings (SSSR count). The van der Waals surface area contributed by atoms with E-state index in [9.17, 15) is 18.5 Å². The fraction of sp³-hybridized carbons (Fsp3) is 0.429. The average Bonchev–Trinajstić information content (AvgIpc) is 2.69. The van der Waals surface area contributed by atoms with Gasteiger partial charge in [-0.1, -0.05) is 17.7 Å². The van der Waals surface area contributed by atoms with Crippen molar-refractivity contribution in [2.24, 2.45) is 5.92 Å². The van der Waals surface area contributed by atoms with Crippen LogP contribution in [-0.2, 0) is 20.8 Å². The minimum absolute atomic E-state index is 0.0801. The molecule has 2 aromatic carbocycles. The zero-order valence-corrected chi connectivity index (χ0v) is 17.2. The van der Waals surface area contributed by atoms with Crippen LogP contribution in [0.5, 0.6) is 0 Å². The third-order valence-electron chi connectivity index (χ3n) is 6.27. The number of benzene rings is 2. The lowest BCUT2D eigenvalue weighted by atomic mass is 9.83. The number of nitro groups is 1. The molecule has 0 aromatic heterocycles. The highest BCUT2D eigenvalue weighted by Gasteiger charge is 2.48. The van der Waals surface area contributed by atoms with Gasteiger partial charge in [0.2, 0.25) is 0 Å². The smallest absolute Gasteiger partial charge is 0.297 e. The van der Waals surface area contributed by atoms with Crippen molar-refractivity contribution in [1.29, 1.82) is 0 Å². The summed E-state index contributed by atoms with van der Waals surface area (Å²) in [7, 11) is -3.80. The van der Waals surface area contributed by atoms with Crippen molar-refractivity contribution < 1.29 is 22.0 Å². The molecule has 0 spiro atoms. The van der Waals surface area contributed by atoms with Crippen LogP contribution >= 0.6 is 0 Å². The van der Waals surface area contributed by atoms with E-state index in [0.717, 1.165) is 48.1 Å². The molecule has 0 amide bonds. The topological polar surface area (TPSA) is 86.5 Å². The predicted octanol–water partition coefficient (Wildman–Crippen LogP) is 3.42. The van der Waals surface area contributed by atoms with Gasteiger partial charge < -0.3 is 4.48 Å². The number of fused-ring (bicyclic) bond motifs is 3. The molecule has 1 atom stereocenters. The monoisotopic (exact) mass is 417 g/mol. The maximum atomic E-state index is 12.8. The zero-order valence-electron chi connectivity index (χ0n) is 16.4. The molecule has 0 N–H and O–H groups in total. The van der Waals surface area contributed by atoms with Crippen LogP contribution in [0.3, 0.4) is 0 Å². The van der Waals surface area contributed by atoms with Gasteiger partial charge in [-0.3, -0.25) is 14.3 Å². The molecule has 154 valence electrons. The van der Waals surface area contributed by atoms with Crippen LogP contribution in [0.25, 0.3) is 0 Å². The molecule has 0 radical (unpaired) electrons. The highest BCUT2D eigenvalue weighted by Crippen LogP contribution is 2.38. The molecule has 3 saturated heterocycles. The van der Waals surface area contributed by atoms with Crippen LogP contribution in [-0.4, -0.2) is 43.6 Å². The van der Waals surface area contributed by atoms with Crippen molar-refractivity contribution >= 4 is 15.8 Å². The van der Waals surface area contributed by atoms with Gasteiger partial charge in [0.25, 0.3) is 15.8 Å². The molecule has 29 heavy (non-hydrogen) atoms. The Morgan fingerprint density at radius 2 is 1.69 bits per heavy atom. The summed E-state index contributed by atoms with van der Waals surface area (Å²) in [5, 5.41) is 10.9. The summed E-state index contributed by atoms with van der Waals surface area (Å²) in [6, 6.07) is 13.4. The molecule has 3 fully saturated rings. The van der Waals surface area contributed by atoms with Crippen LogP contribution in [0.1, 0.15) is 24.0 Å². The van der Waals surface area contributed by atoms with Crippen molar-refractivity contribution in [1.82, 2.24) is 0 Å². The Hall–Kier alpha value is -2.29. The molecular weight excluding hydrogens is 392 g/mol. The molecule has 3 aliphatic heterocycles. The largest absolute Gasteiger partial charge is 0.318 e. The van der Waals surface area contributed by atoms with Crippen molar-refractivity contribution in [2.75, 3.05) is 19.6 Å². The van der Waals surface area contributed by atoms with E-state index in [1.165, 1.54) is 12.1 Å². The lowest BCUT2D eigenvalue weighted by molar-refractivity contribution is -0.958. The van der Waals surface area contributed by atoms with Crippen LogP contribution in [0, 0.1) is 23.0 Å². The summed E-state index contributed by atoms with van der Waals surface area (Å²) < 4.78 is 32.0. The number of non-ortho nitro benzene ring substituents is 1. The first-order valence-electron chi connectivity index (χ1n) is 9.85. The SMILES string of the molecule is Cc1ccc(S(=O)(=O)O[C@@H]2C[N+]3(Cc4ccc([N+](=O)[O-])cc4)CCC2CC3)cc1. The highest BCUT2D eigenvalue weighted by atomic mass is 32.2. The van der Waals surface area contributed by atoms with E-state index < -0.39 is 15.0 Å². The van der Waals surface area contributed by atoms with Crippen LogP contribution in [0.15, 0.2) is 53.4 Å². The van der Waals surface area contributed by atoms with E-state index >= 15 is 0 Å². The fourth-order valence-electron chi connectivity index (χ4n) is 4.59. The summed E-state index contributed by atoms with van der Waals surface area (Å²) in [6.07, 6.45) is 1.53. The highest BCUT2D eigenvalue weighted by molar-refractivity contribution is 7.86. The minimum atomic E-state index is -3.80. The lowest BCUT2D eigenvalue weighted by Crippen LogP contribution is -2.63. The number of quaternary nitrogens is 1. The van der Waals surface area contributed by atoms with Gasteiger partial charge in [-0.2, -0.15) is 8.42 Å².